The molecule has 0 atom stereocenters. The van der Waals surface area contributed by atoms with Crippen molar-refractivity contribution in [2.75, 3.05) is 23.6 Å². The lowest BCUT2D eigenvalue weighted by molar-refractivity contribution is 0.299. The van der Waals surface area contributed by atoms with Gasteiger partial charge in [-0.1, -0.05) is 12.1 Å². The monoisotopic (exact) mass is 192 g/mol. The molecule has 0 radical (unpaired) electrons. The molecule has 0 aliphatic carbocycles. The number of hydrogen-bond acceptors (Lipinski definition) is 5. The Morgan fingerprint density at radius 3 is 3.07 bits per heavy atom. The Balaban J connectivity index is 2.36. The number of benzene rings is 1. The van der Waals surface area contributed by atoms with E-state index in [4.69, 9.17) is 10.5 Å². The average Bonchev–Trinajstić information content (AvgIpc) is 2.62. The van der Waals surface area contributed by atoms with E-state index in [2.05, 4.69) is 11.0 Å². The third-order valence-corrected chi connectivity index (χ3v) is 2.16. The van der Waals surface area contributed by atoms with Crippen LogP contribution in [0.2, 0.25) is 0 Å². The van der Waals surface area contributed by atoms with Crippen LogP contribution in [0.4, 0.5) is 11.4 Å². The summed E-state index contributed by atoms with van der Waals surface area (Å²) in [6.45, 7) is 0.602. The maximum Gasteiger partial charge on any atom is 0.0840 e. The van der Waals surface area contributed by atoms with Crippen molar-refractivity contribution in [1.82, 2.24) is 5.53 Å². The number of rotatable bonds is 3. The summed E-state index contributed by atoms with van der Waals surface area (Å²) in [4.78, 5) is 0. The van der Waals surface area contributed by atoms with Gasteiger partial charge in [0, 0.05) is 11.8 Å². The summed E-state index contributed by atoms with van der Waals surface area (Å²) >= 11 is 0. The van der Waals surface area contributed by atoms with Crippen molar-refractivity contribution in [3.63, 3.8) is 0 Å². The first kappa shape index (κ1) is 8.98. The number of para-hydroxylation sites is 1. The predicted octanol–water partition coefficient (Wildman–Crippen LogP) is 0.328. The van der Waals surface area contributed by atoms with Gasteiger partial charge in [0.2, 0.25) is 0 Å². The SMILES string of the molecule is N=Cc1cccc2c1NNN2CCO. The van der Waals surface area contributed by atoms with Gasteiger partial charge in [0.05, 0.1) is 24.5 Å². The molecule has 1 aliphatic rings. The van der Waals surface area contributed by atoms with Crippen molar-refractivity contribution in [1.29, 1.82) is 5.41 Å². The number of hydrazine groups is 2. The molecule has 1 aromatic rings. The molecule has 1 aliphatic heterocycles. The summed E-state index contributed by atoms with van der Waals surface area (Å²) in [5.41, 5.74) is 8.56. The summed E-state index contributed by atoms with van der Waals surface area (Å²) in [7, 11) is 0. The highest BCUT2D eigenvalue weighted by Gasteiger charge is 2.19. The van der Waals surface area contributed by atoms with Gasteiger partial charge in [-0.25, -0.2) is 0 Å². The Kier molecular flexibility index (Phi) is 2.34. The molecule has 74 valence electrons. The molecule has 0 fully saturated rings. The molecule has 4 N–H and O–H groups in total. The molecular formula is C9H12N4O. The highest BCUT2D eigenvalue weighted by atomic mass is 16.3. The average molecular weight is 192 g/mol. The zero-order chi connectivity index (χ0) is 9.97. The number of hydrogen-bond donors (Lipinski definition) is 4. The molecule has 14 heavy (non-hydrogen) atoms. The third kappa shape index (κ3) is 1.32. The van der Waals surface area contributed by atoms with Crippen molar-refractivity contribution in [3.8, 4) is 0 Å². The lowest BCUT2D eigenvalue weighted by Crippen LogP contribution is -2.37. The highest BCUT2D eigenvalue weighted by molar-refractivity contribution is 5.92. The summed E-state index contributed by atoms with van der Waals surface area (Å²) in [6, 6.07) is 5.69. The van der Waals surface area contributed by atoms with E-state index in [1.807, 2.05) is 23.2 Å². The topological polar surface area (TPSA) is 71.4 Å². The quantitative estimate of drug-likeness (QED) is 0.521. The van der Waals surface area contributed by atoms with Crippen molar-refractivity contribution in [3.05, 3.63) is 23.8 Å². The van der Waals surface area contributed by atoms with E-state index in [0.717, 1.165) is 16.9 Å². The van der Waals surface area contributed by atoms with E-state index < -0.39 is 0 Å². The van der Waals surface area contributed by atoms with Crippen LogP contribution in [-0.4, -0.2) is 24.5 Å². The van der Waals surface area contributed by atoms with Gasteiger partial charge in [-0.2, -0.15) is 0 Å². The van der Waals surface area contributed by atoms with Gasteiger partial charge in [0.15, 0.2) is 0 Å². The van der Waals surface area contributed by atoms with Crippen LogP contribution in [-0.2, 0) is 0 Å². The fraction of sp³-hybridized carbons (Fsp3) is 0.222. The van der Waals surface area contributed by atoms with Gasteiger partial charge in [0.1, 0.15) is 0 Å². The van der Waals surface area contributed by atoms with Gasteiger partial charge >= 0.3 is 0 Å². The highest BCUT2D eigenvalue weighted by Crippen LogP contribution is 2.30. The summed E-state index contributed by atoms with van der Waals surface area (Å²) in [6.07, 6.45) is 1.30. The van der Waals surface area contributed by atoms with Crippen LogP contribution in [0, 0.1) is 5.41 Å². The van der Waals surface area contributed by atoms with Gasteiger partial charge in [-0.15, -0.1) is 5.53 Å². The zero-order valence-corrected chi connectivity index (χ0v) is 7.62. The summed E-state index contributed by atoms with van der Waals surface area (Å²) in [5.74, 6) is 0. The van der Waals surface area contributed by atoms with Crippen molar-refractivity contribution < 1.29 is 5.11 Å². The van der Waals surface area contributed by atoms with E-state index >= 15 is 0 Å². The number of aliphatic hydroxyl groups is 1. The number of fused-ring (bicyclic) bond motifs is 1. The first-order chi connectivity index (χ1) is 6.86. The molecule has 5 nitrogen and oxygen atoms in total. The second-order valence-corrected chi connectivity index (χ2v) is 3.00. The Morgan fingerprint density at radius 1 is 1.50 bits per heavy atom. The van der Waals surface area contributed by atoms with Gasteiger partial charge in [0.25, 0.3) is 0 Å². The van der Waals surface area contributed by atoms with Crippen LogP contribution < -0.4 is 16.0 Å². The molecule has 0 aromatic heterocycles. The Labute approximate surface area is 81.8 Å². The molecule has 1 aromatic carbocycles. The van der Waals surface area contributed by atoms with E-state index in [9.17, 15) is 0 Å². The lowest BCUT2D eigenvalue weighted by Gasteiger charge is -2.15. The van der Waals surface area contributed by atoms with E-state index in [-0.39, 0.29) is 6.61 Å². The zero-order valence-electron chi connectivity index (χ0n) is 7.62. The largest absolute Gasteiger partial charge is 0.394 e. The smallest absolute Gasteiger partial charge is 0.0840 e. The fourth-order valence-electron chi connectivity index (χ4n) is 1.50. The van der Waals surface area contributed by atoms with Crippen LogP contribution in [0.3, 0.4) is 0 Å². The van der Waals surface area contributed by atoms with Gasteiger partial charge in [-0.05, 0) is 6.07 Å². The molecule has 1 heterocycles. The number of nitrogens with zero attached hydrogens (tertiary/aromatic N) is 1. The standard InChI is InChI=1S/C9H12N4O/c10-6-7-2-1-3-8-9(7)11-12-13(8)4-5-14/h1-3,6,10-12,14H,4-5H2. The van der Waals surface area contributed by atoms with E-state index in [1.165, 1.54) is 6.21 Å². The minimum absolute atomic E-state index is 0.0862. The first-order valence-corrected chi connectivity index (χ1v) is 4.40. The molecule has 0 saturated heterocycles. The van der Waals surface area contributed by atoms with Crippen LogP contribution in [0.1, 0.15) is 5.56 Å². The maximum absolute atomic E-state index is 8.82. The second-order valence-electron chi connectivity index (χ2n) is 3.00. The minimum Gasteiger partial charge on any atom is -0.394 e. The Hall–Kier alpha value is -1.59. The molecule has 0 bridgehead atoms. The molecule has 0 saturated carbocycles. The van der Waals surface area contributed by atoms with Gasteiger partial charge in [-0.3, -0.25) is 5.01 Å². The number of nitrogens with one attached hydrogen (secondary N) is 3. The lowest BCUT2D eigenvalue weighted by atomic mass is 10.1. The van der Waals surface area contributed by atoms with Crippen LogP contribution in [0.25, 0.3) is 0 Å². The summed E-state index contributed by atoms with van der Waals surface area (Å²) < 4.78 is 0. The molecule has 5 heteroatoms. The van der Waals surface area contributed by atoms with Gasteiger partial charge < -0.3 is 15.9 Å². The minimum atomic E-state index is 0.0862. The van der Waals surface area contributed by atoms with Crippen LogP contribution in [0.5, 0.6) is 0 Å². The van der Waals surface area contributed by atoms with E-state index in [0.29, 0.717) is 6.54 Å². The Bertz CT molecular complexity index is 353. The number of aliphatic hydroxyl groups excluding tert-OH is 1. The van der Waals surface area contributed by atoms with E-state index in [1.54, 1.807) is 0 Å². The summed E-state index contributed by atoms with van der Waals surface area (Å²) in [5, 5.41) is 17.9. The van der Waals surface area contributed by atoms with Crippen molar-refractivity contribution >= 4 is 17.6 Å². The van der Waals surface area contributed by atoms with Crippen molar-refractivity contribution in [2.45, 2.75) is 0 Å². The van der Waals surface area contributed by atoms with Crippen molar-refractivity contribution in [2.24, 2.45) is 0 Å². The number of β-amino-alcohol motifs (C(OH)–C–C–N with tert-alkyl or cyclic N) is 1. The number of anilines is 2. The predicted molar refractivity (Wildman–Crippen MR) is 55.5 cm³/mol. The molecule has 0 amide bonds. The Morgan fingerprint density at radius 2 is 2.36 bits per heavy atom. The first-order valence-electron chi connectivity index (χ1n) is 4.40. The molecule has 0 unspecified atom stereocenters. The van der Waals surface area contributed by atoms with Crippen LogP contribution >= 0.6 is 0 Å². The normalized spacial score (nSPS) is 13.6. The maximum atomic E-state index is 8.82. The molecule has 2 rings (SSSR count). The van der Waals surface area contributed by atoms with Crippen LogP contribution in [0.15, 0.2) is 18.2 Å². The molecule has 0 spiro atoms. The second kappa shape index (κ2) is 3.65. The molecular weight excluding hydrogens is 180 g/mol. The third-order valence-electron chi connectivity index (χ3n) is 2.16. The fourth-order valence-corrected chi connectivity index (χ4v) is 1.50.